The fourth-order valence-corrected chi connectivity index (χ4v) is 2.77. The van der Waals surface area contributed by atoms with E-state index in [9.17, 15) is 5.26 Å². The normalized spacial score (nSPS) is 11.8. The SMILES string of the molecule is COc1ccc2nc(/C(C#N)=C\c3c[nH]c4ccccc34)[nH]c2c1. The summed E-state index contributed by atoms with van der Waals surface area (Å²) >= 11 is 0. The lowest BCUT2D eigenvalue weighted by atomic mass is 10.1. The molecule has 24 heavy (non-hydrogen) atoms. The molecule has 5 nitrogen and oxygen atoms in total. The molecule has 0 radical (unpaired) electrons. The molecule has 0 bridgehead atoms. The Hall–Kier alpha value is -3.52. The Morgan fingerprint density at radius 3 is 2.92 bits per heavy atom. The van der Waals surface area contributed by atoms with Gasteiger partial charge in [0.1, 0.15) is 17.6 Å². The monoisotopic (exact) mass is 314 g/mol. The van der Waals surface area contributed by atoms with E-state index in [4.69, 9.17) is 4.74 Å². The molecule has 2 aromatic carbocycles. The standard InChI is InChI=1S/C19H14N4O/c1-24-14-6-7-17-18(9-14)23-19(22-17)12(10-20)8-13-11-21-16-5-3-2-4-15(13)16/h2-9,11,21H,1H3,(H,22,23)/b12-8-. The fourth-order valence-electron chi connectivity index (χ4n) is 2.77. The highest BCUT2D eigenvalue weighted by Crippen LogP contribution is 2.25. The van der Waals surface area contributed by atoms with E-state index in [-0.39, 0.29) is 0 Å². The van der Waals surface area contributed by atoms with Crippen molar-refractivity contribution in [2.24, 2.45) is 0 Å². The molecule has 0 amide bonds. The molecular formula is C19H14N4O. The number of para-hydroxylation sites is 1. The Bertz CT molecular complexity index is 1110. The average Bonchev–Trinajstić information content (AvgIpc) is 3.22. The highest BCUT2D eigenvalue weighted by atomic mass is 16.5. The first kappa shape index (κ1) is 14.1. The average molecular weight is 314 g/mol. The number of aromatic nitrogens is 3. The fraction of sp³-hybridized carbons (Fsp3) is 0.0526. The second-order valence-electron chi connectivity index (χ2n) is 5.43. The van der Waals surface area contributed by atoms with E-state index < -0.39 is 0 Å². The Kier molecular flexibility index (Phi) is 3.29. The highest BCUT2D eigenvalue weighted by molar-refractivity contribution is 5.97. The minimum Gasteiger partial charge on any atom is -0.497 e. The molecule has 116 valence electrons. The van der Waals surface area contributed by atoms with E-state index in [1.54, 1.807) is 7.11 Å². The van der Waals surface area contributed by atoms with E-state index in [2.05, 4.69) is 21.0 Å². The van der Waals surface area contributed by atoms with Crippen molar-refractivity contribution in [3.63, 3.8) is 0 Å². The van der Waals surface area contributed by atoms with Crippen LogP contribution in [0.5, 0.6) is 5.75 Å². The van der Waals surface area contributed by atoms with Crippen molar-refractivity contribution in [2.75, 3.05) is 7.11 Å². The van der Waals surface area contributed by atoms with E-state index in [1.807, 2.05) is 54.7 Å². The molecule has 0 aliphatic carbocycles. The lowest BCUT2D eigenvalue weighted by molar-refractivity contribution is 0.415. The number of hydrogen-bond donors (Lipinski definition) is 2. The van der Waals surface area contributed by atoms with Gasteiger partial charge in [0, 0.05) is 28.7 Å². The Morgan fingerprint density at radius 1 is 1.21 bits per heavy atom. The molecule has 0 aliphatic rings. The van der Waals surface area contributed by atoms with Gasteiger partial charge in [0.15, 0.2) is 0 Å². The molecule has 0 aliphatic heterocycles. The van der Waals surface area contributed by atoms with E-state index in [0.29, 0.717) is 11.4 Å². The summed E-state index contributed by atoms with van der Waals surface area (Å²) in [4.78, 5) is 10.9. The first-order valence-electron chi connectivity index (χ1n) is 7.50. The van der Waals surface area contributed by atoms with Gasteiger partial charge in [0.2, 0.25) is 0 Å². The van der Waals surface area contributed by atoms with Crippen molar-refractivity contribution < 1.29 is 4.74 Å². The number of methoxy groups -OCH3 is 1. The molecule has 0 fully saturated rings. The van der Waals surface area contributed by atoms with Crippen LogP contribution >= 0.6 is 0 Å². The van der Waals surface area contributed by atoms with Crippen LogP contribution in [0.4, 0.5) is 0 Å². The quantitative estimate of drug-likeness (QED) is 0.558. The second-order valence-corrected chi connectivity index (χ2v) is 5.43. The maximum Gasteiger partial charge on any atom is 0.149 e. The number of nitrogens with zero attached hydrogens (tertiary/aromatic N) is 2. The van der Waals surface area contributed by atoms with Crippen molar-refractivity contribution in [1.82, 2.24) is 15.0 Å². The van der Waals surface area contributed by atoms with Crippen molar-refractivity contribution in [3.8, 4) is 11.8 Å². The van der Waals surface area contributed by atoms with Gasteiger partial charge in [0.25, 0.3) is 0 Å². The zero-order valence-corrected chi connectivity index (χ0v) is 13.0. The Morgan fingerprint density at radius 2 is 2.08 bits per heavy atom. The highest BCUT2D eigenvalue weighted by Gasteiger charge is 2.10. The van der Waals surface area contributed by atoms with E-state index in [0.717, 1.165) is 33.2 Å². The summed E-state index contributed by atoms with van der Waals surface area (Å²) in [6.45, 7) is 0. The molecule has 0 atom stereocenters. The van der Waals surface area contributed by atoms with Gasteiger partial charge in [-0.15, -0.1) is 0 Å². The molecule has 4 aromatic rings. The van der Waals surface area contributed by atoms with Crippen LogP contribution < -0.4 is 4.74 Å². The molecule has 0 spiro atoms. The first-order chi connectivity index (χ1) is 11.8. The summed E-state index contributed by atoms with van der Waals surface area (Å²) in [7, 11) is 1.62. The second kappa shape index (κ2) is 5.60. The largest absolute Gasteiger partial charge is 0.497 e. The lowest BCUT2D eigenvalue weighted by Gasteiger charge is -1.96. The van der Waals surface area contributed by atoms with Crippen LogP contribution in [0, 0.1) is 11.3 Å². The number of nitriles is 1. The summed E-state index contributed by atoms with van der Waals surface area (Å²) in [6, 6.07) is 15.8. The number of fused-ring (bicyclic) bond motifs is 2. The zero-order valence-electron chi connectivity index (χ0n) is 13.0. The van der Waals surface area contributed by atoms with Gasteiger partial charge >= 0.3 is 0 Å². The summed E-state index contributed by atoms with van der Waals surface area (Å²) < 4.78 is 5.22. The summed E-state index contributed by atoms with van der Waals surface area (Å²) in [5.74, 6) is 1.29. The zero-order chi connectivity index (χ0) is 16.5. The molecule has 2 aromatic heterocycles. The lowest BCUT2D eigenvalue weighted by Crippen LogP contribution is -1.84. The maximum absolute atomic E-state index is 9.56. The minimum atomic E-state index is 0.481. The number of ether oxygens (including phenoxy) is 1. The number of benzene rings is 2. The minimum absolute atomic E-state index is 0.481. The Balaban J connectivity index is 1.82. The summed E-state index contributed by atoms with van der Waals surface area (Å²) in [5.41, 5.74) is 4.11. The van der Waals surface area contributed by atoms with Gasteiger partial charge in [-0.1, -0.05) is 18.2 Å². The predicted octanol–water partition coefficient (Wildman–Crippen LogP) is 4.12. The number of aromatic amines is 2. The number of rotatable bonds is 3. The van der Waals surface area contributed by atoms with Crippen LogP contribution in [0.25, 0.3) is 33.6 Å². The van der Waals surface area contributed by atoms with Crippen LogP contribution in [-0.2, 0) is 0 Å². The number of hydrogen-bond acceptors (Lipinski definition) is 3. The summed E-state index contributed by atoms with van der Waals surface area (Å²) in [5, 5.41) is 10.6. The van der Waals surface area contributed by atoms with Crippen molar-refractivity contribution in [3.05, 3.63) is 60.0 Å². The third kappa shape index (κ3) is 2.31. The van der Waals surface area contributed by atoms with Crippen LogP contribution in [-0.4, -0.2) is 22.1 Å². The Labute approximate surface area is 138 Å². The molecule has 5 heteroatoms. The summed E-state index contributed by atoms with van der Waals surface area (Å²) in [6.07, 6.45) is 3.74. The first-order valence-corrected chi connectivity index (χ1v) is 7.50. The molecule has 0 unspecified atom stereocenters. The van der Waals surface area contributed by atoms with Crippen molar-refractivity contribution in [1.29, 1.82) is 5.26 Å². The van der Waals surface area contributed by atoms with Crippen molar-refractivity contribution >= 4 is 33.6 Å². The van der Waals surface area contributed by atoms with Crippen LogP contribution in [0.1, 0.15) is 11.4 Å². The van der Waals surface area contributed by atoms with Gasteiger partial charge in [-0.05, 0) is 24.3 Å². The van der Waals surface area contributed by atoms with Gasteiger partial charge < -0.3 is 14.7 Å². The van der Waals surface area contributed by atoms with Crippen LogP contribution in [0.3, 0.4) is 0 Å². The molecule has 0 saturated carbocycles. The predicted molar refractivity (Wildman–Crippen MR) is 94.4 cm³/mol. The number of imidazole rings is 1. The third-order valence-electron chi connectivity index (χ3n) is 3.99. The number of allylic oxidation sites excluding steroid dienone is 1. The van der Waals surface area contributed by atoms with Gasteiger partial charge in [-0.2, -0.15) is 5.26 Å². The number of nitrogens with one attached hydrogen (secondary N) is 2. The van der Waals surface area contributed by atoms with Gasteiger partial charge in [0.05, 0.1) is 23.7 Å². The van der Waals surface area contributed by atoms with Crippen LogP contribution in [0.15, 0.2) is 48.7 Å². The van der Waals surface area contributed by atoms with Crippen LogP contribution in [0.2, 0.25) is 0 Å². The molecule has 2 heterocycles. The topological polar surface area (TPSA) is 77.5 Å². The molecular weight excluding hydrogens is 300 g/mol. The maximum atomic E-state index is 9.56. The molecule has 2 N–H and O–H groups in total. The van der Waals surface area contributed by atoms with Gasteiger partial charge in [-0.3, -0.25) is 0 Å². The smallest absolute Gasteiger partial charge is 0.149 e. The van der Waals surface area contributed by atoms with E-state index in [1.165, 1.54) is 0 Å². The van der Waals surface area contributed by atoms with Crippen molar-refractivity contribution in [2.45, 2.75) is 0 Å². The molecule has 4 rings (SSSR count). The van der Waals surface area contributed by atoms with E-state index >= 15 is 0 Å². The number of H-pyrrole nitrogens is 2. The molecule has 0 saturated heterocycles. The third-order valence-corrected chi connectivity index (χ3v) is 3.99. The van der Waals surface area contributed by atoms with Gasteiger partial charge in [-0.25, -0.2) is 4.98 Å².